The number of hydrogen-bond donors (Lipinski definition) is 1. The molecule has 0 aromatic carbocycles. The average Bonchev–Trinajstić information content (AvgIpc) is 3.31. The van der Waals surface area contributed by atoms with Crippen LogP contribution in [0, 0.1) is 5.92 Å². The number of rotatable bonds is 6. The molecule has 0 radical (unpaired) electrons. The molecule has 0 spiro atoms. The number of piperidine rings is 3. The molecule has 1 amide bonds. The topological polar surface area (TPSA) is 44.8 Å². The lowest BCUT2D eigenvalue weighted by Crippen LogP contribution is -2.56. The van der Waals surface area contributed by atoms with Gasteiger partial charge in [0, 0.05) is 25.2 Å². The third-order valence-electron chi connectivity index (χ3n) is 5.25. The second-order valence-corrected chi connectivity index (χ2v) is 8.46. The predicted molar refractivity (Wildman–Crippen MR) is 91.5 cm³/mol. The molecule has 2 bridgehead atoms. The van der Waals surface area contributed by atoms with E-state index in [0.717, 1.165) is 38.3 Å². The van der Waals surface area contributed by atoms with Crippen LogP contribution >= 0.6 is 0 Å². The van der Waals surface area contributed by atoms with Crippen molar-refractivity contribution in [2.75, 3.05) is 32.7 Å². The molecular weight excluding hydrogens is 290 g/mol. The van der Waals surface area contributed by atoms with Gasteiger partial charge in [0.1, 0.15) is 5.60 Å². The monoisotopic (exact) mass is 323 g/mol. The summed E-state index contributed by atoms with van der Waals surface area (Å²) in [6, 6.07) is 1.08. The van der Waals surface area contributed by atoms with Gasteiger partial charge >= 0.3 is 6.09 Å². The van der Waals surface area contributed by atoms with Gasteiger partial charge in [0.2, 0.25) is 0 Å². The Kier molecular flexibility index (Phi) is 5.16. The van der Waals surface area contributed by atoms with E-state index in [-0.39, 0.29) is 6.09 Å². The molecule has 3 heterocycles. The van der Waals surface area contributed by atoms with Gasteiger partial charge in [0.15, 0.2) is 0 Å². The van der Waals surface area contributed by atoms with E-state index in [1.165, 1.54) is 32.5 Å². The number of nitrogens with zero attached hydrogens (tertiary/aromatic N) is 2. The average molecular weight is 323 g/mol. The highest BCUT2D eigenvalue weighted by atomic mass is 16.6. The zero-order valence-electron chi connectivity index (χ0n) is 15.0. The van der Waals surface area contributed by atoms with Gasteiger partial charge in [0.25, 0.3) is 0 Å². The van der Waals surface area contributed by atoms with Crippen molar-refractivity contribution in [1.29, 1.82) is 0 Å². The Labute approximate surface area is 140 Å². The summed E-state index contributed by atoms with van der Waals surface area (Å²) in [6.07, 6.45) is 5.84. The van der Waals surface area contributed by atoms with Crippen LogP contribution in [0.5, 0.6) is 0 Å². The number of fused-ring (bicyclic) bond motifs is 3. The first-order chi connectivity index (χ1) is 10.9. The SMILES string of the molecule is CC(C)(C)OC(=O)N(CCCNC1CN2CCC1CC2)C1CC1. The fraction of sp³-hybridized carbons (Fsp3) is 0.944. The third kappa shape index (κ3) is 4.83. The Bertz CT molecular complexity index is 409. The van der Waals surface area contributed by atoms with E-state index in [1.807, 2.05) is 25.7 Å². The molecule has 5 nitrogen and oxygen atoms in total. The van der Waals surface area contributed by atoms with Crippen LogP contribution in [-0.2, 0) is 4.74 Å². The number of carbonyl (C=O) groups excluding carboxylic acids is 1. The summed E-state index contributed by atoms with van der Waals surface area (Å²) in [4.78, 5) is 16.8. The molecule has 0 aromatic heterocycles. The Morgan fingerprint density at radius 1 is 1.22 bits per heavy atom. The Morgan fingerprint density at radius 2 is 1.91 bits per heavy atom. The number of carbonyl (C=O) groups is 1. The van der Waals surface area contributed by atoms with Crippen LogP contribution in [0.15, 0.2) is 0 Å². The van der Waals surface area contributed by atoms with Gasteiger partial charge in [0.05, 0.1) is 0 Å². The molecule has 4 fully saturated rings. The zero-order valence-corrected chi connectivity index (χ0v) is 15.0. The maximum absolute atomic E-state index is 12.3. The third-order valence-corrected chi connectivity index (χ3v) is 5.25. The summed E-state index contributed by atoms with van der Waals surface area (Å²) in [5, 5.41) is 3.73. The molecule has 132 valence electrons. The van der Waals surface area contributed by atoms with Crippen molar-refractivity contribution in [1.82, 2.24) is 15.1 Å². The normalized spacial score (nSPS) is 30.3. The molecule has 1 unspecified atom stereocenters. The first kappa shape index (κ1) is 17.0. The van der Waals surface area contributed by atoms with Crippen LogP contribution < -0.4 is 5.32 Å². The van der Waals surface area contributed by atoms with Crippen molar-refractivity contribution in [3.05, 3.63) is 0 Å². The van der Waals surface area contributed by atoms with E-state index < -0.39 is 5.60 Å². The summed E-state index contributed by atoms with van der Waals surface area (Å²) in [6.45, 7) is 11.4. The van der Waals surface area contributed by atoms with Crippen molar-refractivity contribution in [3.63, 3.8) is 0 Å². The molecule has 3 saturated heterocycles. The van der Waals surface area contributed by atoms with Gasteiger partial charge in [-0.1, -0.05) is 0 Å². The summed E-state index contributed by atoms with van der Waals surface area (Å²) < 4.78 is 5.55. The first-order valence-corrected chi connectivity index (χ1v) is 9.38. The molecule has 5 heteroatoms. The molecule has 3 aliphatic heterocycles. The van der Waals surface area contributed by atoms with E-state index in [2.05, 4.69) is 10.2 Å². The molecule has 4 rings (SSSR count). The zero-order chi connectivity index (χ0) is 16.4. The second kappa shape index (κ2) is 6.98. The Balaban J connectivity index is 1.39. The highest BCUT2D eigenvalue weighted by Gasteiger charge is 2.35. The highest BCUT2D eigenvalue weighted by Crippen LogP contribution is 2.29. The van der Waals surface area contributed by atoms with Crippen molar-refractivity contribution in [2.24, 2.45) is 5.92 Å². The Hall–Kier alpha value is -0.810. The molecule has 0 aromatic rings. The fourth-order valence-corrected chi connectivity index (χ4v) is 3.86. The smallest absolute Gasteiger partial charge is 0.410 e. The van der Waals surface area contributed by atoms with Gasteiger partial charge in [-0.3, -0.25) is 0 Å². The molecule has 1 saturated carbocycles. The second-order valence-electron chi connectivity index (χ2n) is 8.46. The summed E-state index contributed by atoms with van der Waals surface area (Å²) >= 11 is 0. The first-order valence-electron chi connectivity index (χ1n) is 9.38. The predicted octanol–water partition coefficient (Wildman–Crippen LogP) is 2.46. The van der Waals surface area contributed by atoms with Gasteiger partial charge in [-0.15, -0.1) is 0 Å². The minimum absolute atomic E-state index is 0.136. The van der Waals surface area contributed by atoms with E-state index in [9.17, 15) is 4.79 Å². The number of ether oxygens (including phenoxy) is 1. The van der Waals surface area contributed by atoms with E-state index >= 15 is 0 Å². The number of amides is 1. The van der Waals surface area contributed by atoms with Gasteiger partial charge in [-0.05, 0) is 78.4 Å². The summed E-state index contributed by atoms with van der Waals surface area (Å²) in [5.41, 5.74) is -0.405. The minimum Gasteiger partial charge on any atom is -0.444 e. The minimum atomic E-state index is -0.405. The molecule has 4 aliphatic rings. The molecule has 1 aliphatic carbocycles. The quantitative estimate of drug-likeness (QED) is 0.763. The molecule has 1 N–H and O–H groups in total. The van der Waals surface area contributed by atoms with Crippen molar-refractivity contribution >= 4 is 6.09 Å². The summed E-state index contributed by atoms with van der Waals surface area (Å²) in [5.74, 6) is 0.866. The van der Waals surface area contributed by atoms with Crippen molar-refractivity contribution in [3.8, 4) is 0 Å². The maximum Gasteiger partial charge on any atom is 0.410 e. The lowest BCUT2D eigenvalue weighted by Gasteiger charge is -2.45. The van der Waals surface area contributed by atoms with Crippen molar-refractivity contribution < 1.29 is 9.53 Å². The van der Waals surface area contributed by atoms with Crippen LogP contribution in [0.2, 0.25) is 0 Å². The lowest BCUT2D eigenvalue weighted by atomic mass is 9.84. The van der Waals surface area contributed by atoms with Crippen LogP contribution in [-0.4, -0.2) is 66.3 Å². The highest BCUT2D eigenvalue weighted by molar-refractivity contribution is 5.69. The van der Waals surface area contributed by atoms with E-state index in [0.29, 0.717) is 12.1 Å². The van der Waals surface area contributed by atoms with Crippen LogP contribution in [0.25, 0.3) is 0 Å². The Morgan fingerprint density at radius 3 is 2.43 bits per heavy atom. The van der Waals surface area contributed by atoms with Crippen molar-refractivity contribution in [2.45, 2.75) is 70.6 Å². The number of hydrogen-bond acceptors (Lipinski definition) is 4. The molecule has 23 heavy (non-hydrogen) atoms. The van der Waals surface area contributed by atoms with Crippen LogP contribution in [0.4, 0.5) is 4.79 Å². The van der Waals surface area contributed by atoms with Gasteiger partial charge in [-0.25, -0.2) is 4.79 Å². The molecule has 1 atom stereocenters. The van der Waals surface area contributed by atoms with E-state index in [1.54, 1.807) is 0 Å². The maximum atomic E-state index is 12.3. The number of nitrogens with one attached hydrogen (secondary N) is 1. The van der Waals surface area contributed by atoms with Crippen LogP contribution in [0.3, 0.4) is 0 Å². The fourth-order valence-electron chi connectivity index (χ4n) is 3.86. The van der Waals surface area contributed by atoms with E-state index in [4.69, 9.17) is 4.74 Å². The lowest BCUT2D eigenvalue weighted by molar-refractivity contribution is 0.0229. The molecular formula is C18H33N3O2. The summed E-state index contributed by atoms with van der Waals surface area (Å²) in [7, 11) is 0. The van der Waals surface area contributed by atoms with Crippen LogP contribution in [0.1, 0.15) is 52.9 Å². The largest absolute Gasteiger partial charge is 0.444 e. The standard InChI is InChI=1S/C18H33N3O2/c1-18(2,3)23-17(22)21(15-5-6-15)10-4-9-19-16-13-20-11-7-14(16)8-12-20/h14-16,19H,4-13H2,1-3H3. The van der Waals surface area contributed by atoms with Gasteiger partial charge < -0.3 is 19.9 Å². The van der Waals surface area contributed by atoms with Gasteiger partial charge in [-0.2, -0.15) is 0 Å².